The molecule has 0 radical (unpaired) electrons. The fourth-order valence-electron chi connectivity index (χ4n) is 8.01. The lowest BCUT2D eigenvalue weighted by molar-refractivity contribution is 0.0364. The third-order valence-electron chi connectivity index (χ3n) is 10.1. The van der Waals surface area contributed by atoms with Gasteiger partial charge in [-0.1, -0.05) is 81.4 Å². The highest BCUT2D eigenvalue weighted by molar-refractivity contribution is 6.06. The van der Waals surface area contributed by atoms with Gasteiger partial charge in [0.05, 0.1) is 24.5 Å². The van der Waals surface area contributed by atoms with Crippen LogP contribution in [0.5, 0.6) is 0 Å². The maximum atomic E-state index is 14.5. The van der Waals surface area contributed by atoms with Crippen LogP contribution >= 0.6 is 0 Å². The summed E-state index contributed by atoms with van der Waals surface area (Å²) in [6, 6.07) is 21.3. The molecule has 1 N–H and O–H groups in total. The van der Waals surface area contributed by atoms with Crippen molar-refractivity contribution in [2.24, 2.45) is 16.7 Å². The van der Waals surface area contributed by atoms with E-state index in [4.69, 9.17) is 4.74 Å². The van der Waals surface area contributed by atoms with Gasteiger partial charge in [-0.2, -0.15) is 0 Å². The topological polar surface area (TPSA) is 46.5 Å². The first-order valence-electron chi connectivity index (χ1n) is 14.7. The summed E-state index contributed by atoms with van der Waals surface area (Å²) in [6.07, 6.45) is 3.69. The van der Waals surface area contributed by atoms with E-state index in [1.807, 2.05) is 6.07 Å². The minimum absolute atomic E-state index is 0.0699. The molecule has 5 heteroatoms. The highest BCUT2D eigenvalue weighted by Gasteiger charge is 2.59. The second-order valence-electron chi connectivity index (χ2n) is 12.8. The van der Waals surface area contributed by atoms with Gasteiger partial charge in [0.2, 0.25) is 0 Å². The van der Waals surface area contributed by atoms with Gasteiger partial charge >= 0.3 is 0 Å². The molecule has 1 amide bonds. The number of ether oxygens (including phenoxy) is 1. The summed E-state index contributed by atoms with van der Waals surface area (Å²) in [4.78, 5) is 16.9. The quantitative estimate of drug-likeness (QED) is 0.388. The van der Waals surface area contributed by atoms with E-state index >= 15 is 0 Å². The van der Waals surface area contributed by atoms with Gasteiger partial charge in [0.25, 0.3) is 5.91 Å². The van der Waals surface area contributed by atoms with Crippen LogP contribution < -0.4 is 5.32 Å². The van der Waals surface area contributed by atoms with Crippen LogP contribution in [0.3, 0.4) is 0 Å². The Balaban J connectivity index is 1.46. The Kier molecular flexibility index (Phi) is 6.93. The molecule has 2 aromatic carbocycles. The van der Waals surface area contributed by atoms with Crippen molar-refractivity contribution >= 4 is 5.91 Å². The number of carbonyl (C=O) groups is 1. The first-order chi connectivity index (χ1) is 18.8. The van der Waals surface area contributed by atoms with Crippen molar-refractivity contribution in [2.75, 3.05) is 32.8 Å². The van der Waals surface area contributed by atoms with Gasteiger partial charge in [0.15, 0.2) is 0 Å². The number of amides is 1. The van der Waals surface area contributed by atoms with Crippen LogP contribution in [-0.2, 0) is 11.3 Å². The molecule has 2 saturated carbocycles. The van der Waals surface area contributed by atoms with Crippen LogP contribution in [0.4, 0.5) is 0 Å². The van der Waals surface area contributed by atoms with Crippen molar-refractivity contribution in [3.05, 3.63) is 71.9 Å². The van der Waals surface area contributed by atoms with E-state index < -0.39 is 0 Å². The lowest BCUT2D eigenvalue weighted by Crippen LogP contribution is -2.52. The largest absolute Gasteiger partial charge is 0.379 e. The molecule has 5 nitrogen and oxygen atoms in total. The minimum Gasteiger partial charge on any atom is -0.379 e. The summed E-state index contributed by atoms with van der Waals surface area (Å²) in [6.45, 7) is 14.5. The van der Waals surface area contributed by atoms with E-state index in [2.05, 4.69) is 97.1 Å². The molecule has 1 aromatic heterocycles. The normalized spacial score (nSPS) is 26.2. The van der Waals surface area contributed by atoms with Crippen molar-refractivity contribution in [1.29, 1.82) is 0 Å². The Morgan fingerprint density at radius 3 is 2.21 bits per heavy atom. The second-order valence-corrected chi connectivity index (χ2v) is 12.8. The number of hydrogen-bond donors (Lipinski definition) is 1. The Hall–Kier alpha value is -2.89. The number of fused-ring (bicyclic) bond motifs is 2. The molecular weight excluding hydrogens is 482 g/mol. The molecular formula is C34H43N3O2. The number of rotatable bonds is 7. The molecule has 3 aromatic rings. The number of aromatic nitrogens is 1. The molecule has 0 spiro atoms. The number of morpholine rings is 1. The number of benzene rings is 2. The number of nitrogens with one attached hydrogen (secondary N) is 1. The van der Waals surface area contributed by atoms with E-state index in [9.17, 15) is 4.79 Å². The number of hydrogen-bond acceptors (Lipinski definition) is 3. The van der Waals surface area contributed by atoms with Gasteiger partial charge in [-0.05, 0) is 54.1 Å². The molecule has 1 saturated heterocycles. The Morgan fingerprint density at radius 1 is 0.949 bits per heavy atom. The first kappa shape index (κ1) is 26.3. The zero-order valence-corrected chi connectivity index (χ0v) is 24.0. The molecule has 3 unspecified atom stereocenters. The Bertz CT molecular complexity index is 1320. The van der Waals surface area contributed by atoms with Gasteiger partial charge in [0, 0.05) is 43.5 Å². The molecule has 2 aliphatic carbocycles. The summed E-state index contributed by atoms with van der Waals surface area (Å²) >= 11 is 0. The fraction of sp³-hybridized carbons (Fsp3) is 0.500. The summed E-state index contributed by atoms with van der Waals surface area (Å²) in [5.74, 6) is 0.751. The Labute approximate surface area is 233 Å². The van der Waals surface area contributed by atoms with Crippen LogP contribution in [0.2, 0.25) is 0 Å². The van der Waals surface area contributed by atoms with E-state index in [0.717, 1.165) is 73.0 Å². The molecule has 2 bridgehead atoms. The van der Waals surface area contributed by atoms with Gasteiger partial charge in [0.1, 0.15) is 0 Å². The van der Waals surface area contributed by atoms with E-state index in [1.54, 1.807) is 0 Å². The molecule has 3 fully saturated rings. The third kappa shape index (κ3) is 4.64. The zero-order chi connectivity index (χ0) is 27.2. The van der Waals surface area contributed by atoms with Crippen LogP contribution in [0.1, 0.15) is 56.1 Å². The standard InChI is InChI=1S/C34H43N3O2/c1-24-28(31(38)35-32-33(2,3)27-15-16-34(32,4)23-27)29(25-11-7-5-8-12-25)30(26-13-9-6-10-14-26)37(24)18-17-36-19-21-39-22-20-36/h5-14,27,32H,15-23H2,1-4H3,(H,35,38). The molecule has 6 rings (SSSR count). The van der Waals surface area contributed by atoms with Gasteiger partial charge in [-0.3, -0.25) is 9.69 Å². The van der Waals surface area contributed by atoms with E-state index in [-0.39, 0.29) is 22.8 Å². The molecule has 3 atom stereocenters. The van der Waals surface area contributed by atoms with Gasteiger partial charge in [-0.15, -0.1) is 0 Å². The van der Waals surface area contributed by atoms with Crippen LogP contribution in [0.15, 0.2) is 60.7 Å². The fourth-order valence-corrected chi connectivity index (χ4v) is 8.01. The summed E-state index contributed by atoms with van der Waals surface area (Å²) in [5.41, 5.74) is 6.56. The average molecular weight is 526 g/mol. The van der Waals surface area contributed by atoms with Gasteiger partial charge in [-0.25, -0.2) is 0 Å². The first-order valence-corrected chi connectivity index (χ1v) is 14.7. The van der Waals surface area contributed by atoms with E-state index in [0.29, 0.717) is 5.92 Å². The van der Waals surface area contributed by atoms with E-state index in [1.165, 1.54) is 19.3 Å². The lowest BCUT2D eigenvalue weighted by Gasteiger charge is -2.43. The predicted octanol–water partition coefficient (Wildman–Crippen LogP) is 6.41. The summed E-state index contributed by atoms with van der Waals surface area (Å²) < 4.78 is 7.99. The predicted molar refractivity (Wildman–Crippen MR) is 158 cm³/mol. The van der Waals surface area contributed by atoms with Crippen LogP contribution in [-0.4, -0.2) is 54.3 Å². The van der Waals surface area contributed by atoms with Crippen molar-refractivity contribution in [2.45, 2.75) is 59.5 Å². The van der Waals surface area contributed by atoms with Crippen LogP contribution in [0.25, 0.3) is 22.4 Å². The Morgan fingerprint density at radius 2 is 1.59 bits per heavy atom. The highest BCUT2D eigenvalue weighted by Crippen LogP contribution is 2.62. The summed E-state index contributed by atoms with van der Waals surface area (Å²) in [7, 11) is 0. The van der Waals surface area contributed by atoms with Gasteiger partial charge < -0.3 is 14.6 Å². The summed E-state index contributed by atoms with van der Waals surface area (Å²) in [5, 5.41) is 3.63. The second kappa shape index (κ2) is 10.3. The monoisotopic (exact) mass is 525 g/mol. The molecule has 206 valence electrons. The van der Waals surface area contributed by atoms with Crippen molar-refractivity contribution in [3.8, 4) is 22.4 Å². The number of nitrogens with zero attached hydrogens (tertiary/aromatic N) is 2. The average Bonchev–Trinajstić information content (AvgIpc) is 3.55. The molecule has 3 aliphatic rings. The molecule has 39 heavy (non-hydrogen) atoms. The smallest absolute Gasteiger partial charge is 0.254 e. The zero-order valence-electron chi connectivity index (χ0n) is 24.0. The lowest BCUT2D eigenvalue weighted by atomic mass is 9.68. The van der Waals surface area contributed by atoms with Crippen LogP contribution in [0, 0.1) is 23.7 Å². The molecule has 1 aliphatic heterocycles. The number of carbonyl (C=O) groups excluding carboxylic acids is 1. The third-order valence-corrected chi connectivity index (χ3v) is 10.1. The van der Waals surface area contributed by atoms with Crippen molar-refractivity contribution < 1.29 is 9.53 Å². The van der Waals surface area contributed by atoms with Crippen molar-refractivity contribution in [1.82, 2.24) is 14.8 Å². The maximum absolute atomic E-state index is 14.5. The maximum Gasteiger partial charge on any atom is 0.254 e. The molecule has 2 heterocycles. The highest BCUT2D eigenvalue weighted by atomic mass is 16.5. The van der Waals surface area contributed by atoms with Crippen molar-refractivity contribution in [3.63, 3.8) is 0 Å². The SMILES string of the molecule is Cc1c(C(=O)NC2C3(C)CCC(C3)C2(C)C)c(-c2ccccc2)c(-c2ccccc2)n1CCN1CCOCC1. The minimum atomic E-state index is 0.0699.